The van der Waals surface area contributed by atoms with Crippen molar-refractivity contribution in [1.29, 1.82) is 0 Å². The van der Waals surface area contributed by atoms with E-state index >= 15 is 0 Å². The number of rotatable bonds is 19. The van der Waals surface area contributed by atoms with E-state index in [2.05, 4.69) is 41.7 Å². The van der Waals surface area contributed by atoms with Crippen LogP contribution in [0.4, 0.5) is 34.1 Å². The zero-order valence-electron chi connectivity index (χ0n) is 35.6. The quantitative estimate of drug-likeness (QED) is 0.0357. The van der Waals surface area contributed by atoms with Crippen LogP contribution in [0.1, 0.15) is 70.3 Å². The van der Waals surface area contributed by atoms with Gasteiger partial charge in [-0.2, -0.15) is 20.5 Å². The van der Waals surface area contributed by atoms with E-state index in [4.69, 9.17) is 62.7 Å². The first-order chi connectivity index (χ1) is 31.5. The normalized spacial score (nSPS) is 13.0. The summed E-state index contributed by atoms with van der Waals surface area (Å²) in [6.07, 6.45) is 0. The van der Waals surface area contributed by atoms with Crippen LogP contribution in [0.5, 0.6) is 5.75 Å². The largest absolute Gasteiger partial charge is 0.490 e. The van der Waals surface area contributed by atoms with Gasteiger partial charge < -0.3 is 26.0 Å². The minimum atomic E-state index is -1.67. The Balaban J connectivity index is 1.29. The fourth-order valence-electron chi connectivity index (χ4n) is 5.93. The maximum atomic E-state index is 13.5. The molecule has 0 bridgehead atoms. The van der Waals surface area contributed by atoms with Gasteiger partial charge in [0.25, 0.3) is 23.6 Å². The number of Topliss-reactive ketones (excluding diaryl/α,β-unsaturated/α-hetero) is 2. The number of carbonyl (C=O) groups excluding carboxylic acids is 6. The topological polar surface area (TPSA) is 209 Å². The molecule has 15 nitrogen and oxygen atoms in total. The Morgan fingerprint density at radius 3 is 1.45 bits per heavy atom. The second kappa shape index (κ2) is 23.8. The van der Waals surface area contributed by atoms with Gasteiger partial charge in [0, 0.05) is 23.1 Å². The first kappa shape index (κ1) is 50.8. The minimum absolute atomic E-state index is 0.0143. The Morgan fingerprint density at radius 1 is 0.576 bits per heavy atom. The monoisotopic (exact) mass is 992 g/mol. The summed E-state index contributed by atoms with van der Waals surface area (Å²) in [7, 11) is 0. The summed E-state index contributed by atoms with van der Waals surface area (Å²) in [5.74, 6) is -4.13. The number of nitrogens with zero attached hydrogens (tertiary/aromatic N) is 4. The number of nitrogens with one attached hydrogen (secondary N) is 4. The Kier molecular flexibility index (Phi) is 18.3. The number of azo groups is 2. The maximum Gasteiger partial charge on any atom is 0.258 e. The molecule has 342 valence electrons. The predicted molar refractivity (Wildman–Crippen MR) is 258 cm³/mol. The van der Waals surface area contributed by atoms with Crippen molar-refractivity contribution in [1.82, 2.24) is 0 Å². The van der Waals surface area contributed by atoms with Crippen molar-refractivity contribution in [3.8, 4) is 5.75 Å². The smallest absolute Gasteiger partial charge is 0.258 e. The molecular formula is C46H41Cl5N8O7. The van der Waals surface area contributed by atoms with E-state index in [0.717, 1.165) is 25.0 Å². The lowest BCUT2D eigenvalue weighted by Crippen LogP contribution is -2.32. The van der Waals surface area contributed by atoms with Crippen molar-refractivity contribution >= 4 is 127 Å². The molecule has 0 aliphatic heterocycles. The van der Waals surface area contributed by atoms with Crippen LogP contribution in [0.25, 0.3) is 0 Å². The van der Waals surface area contributed by atoms with Crippen LogP contribution in [0.15, 0.2) is 124 Å². The second-order valence-electron chi connectivity index (χ2n) is 14.4. The molecule has 0 aliphatic carbocycles. The van der Waals surface area contributed by atoms with Crippen molar-refractivity contribution in [3.05, 3.63) is 135 Å². The lowest BCUT2D eigenvalue weighted by Gasteiger charge is -2.16. The number of carbonyl (C=O) groups is 6. The lowest BCUT2D eigenvalue weighted by atomic mass is 10.1. The van der Waals surface area contributed by atoms with Crippen LogP contribution in [-0.4, -0.2) is 59.8 Å². The van der Waals surface area contributed by atoms with Gasteiger partial charge in [0.05, 0.1) is 43.5 Å². The number of anilines is 4. The molecule has 0 heterocycles. The van der Waals surface area contributed by atoms with Gasteiger partial charge >= 0.3 is 0 Å². The van der Waals surface area contributed by atoms with Gasteiger partial charge in [-0.25, -0.2) is 0 Å². The number of benzene rings is 5. The standard InChI is InChI=1S/C46H41Cl5N8O7/c1-24(48)28-9-5-11-30(21-28)52-43(62)33-13-7-15-36(39(33)50)56-58-41(26(3)60)45(64)54-32-17-18-35(38(23-32)66-20-19-47)55-46(65)42(27(4)61)59-57-37-16-8-14-34(40(37)51)44(63)53-31-12-6-10-29(22-31)25(2)49/h5-18,21-25,41-42H,19-20H2,1-4H3,(H,52,62)(H,53,63)(H,54,64)(H,55,65). The maximum absolute atomic E-state index is 13.5. The molecule has 5 aromatic carbocycles. The van der Waals surface area contributed by atoms with Crippen molar-refractivity contribution in [2.75, 3.05) is 33.8 Å². The number of hydrogen-bond donors (Lipinski definition) is 4. The van der Waals surface area contributed by atoms with E-state index in [9.17, 15) is 28.8 Å². The molecule has 0 spiro atoms. The Bertz CT molecular complexity index is 2710. The second-order valence-corrected chi connectivity index (χ2v) is 16.8. The minimum Gasteiger partial charge on any atom is -0.490 e. The van der Waals surface area contributed by atoms with E-state index in [0.29, 0.717) is 11.4 Å². The summed E-state index contributed by atoms with van der Waals surface area (Å²) in [5, 5.41) is 26.0. The number of alkyl halides is 3. The molecule has 4 N–H and O–H groups in total. The van der Waals surface area contributed by atoms with Gasteiger partial charge in [0.2, 0.25) is 12.1 Å². The summed E-state index contributed by atoms with van der Waals surface area (Å²) in [5.41, 5.74) is 2.92. The Labute approximate surface area is 404 Å². The summed E-state index contributed by atoms with van der Waals surface area (Å²) < 4.78 is 5.74. The van der Waals surface area contributed by atoms with Crippen molar-refractivity contribution in [3.63, 3.8) is 0 Å². The summed E-state index contributed by atoms with van der Waals surface area (Å²) in [6, 6.07) is 23.7. The van der Waals surface area contributed by atoms with Gasteiger partial charge in [-0.15, -0.1) is 34.8 Å². The molecule has 0 radical (unpaired) electrons. The number of ketones is 2. The van der Waals surface area contributed by atoms with E-state index in [1.165, 1.54) is 54.6 Å². The first-order valence-electron chi connectivity index (χ1n) is 19.9. The summed E-state index contributed by atoms with van der Waals surface area (Å²) in [6.45, 7) is 5.86. The van der Waals surface area contributed by atoms with Gasteiger partial charge in [-0.05, 0) is 99.5 Å². The Hall–Kier alpha value is -6.23. The third kappa shape index (κ3) is 13.7. The van der Waals surface area contributed by atoms with Crippen LogP contribution in [-0.2, 0) is 19.2 Å². The fraction of sp³-hybridized carbons (Fsp3) is 0.217. The van der Waals surface area contributed by atoms with Crippen LogP contribution in [0.2, 0.25) is 10.0 Å². The number of hydrogen-bond acceptors (Lipinski definition) is 11. The first-order valence-corrected chi connectivity index (χ1v) is 22.1. The van der Waals surface area contributed by atoms with Crippen LogP contribution < -0.4 is 26.0 Å². The van der Waals surface area contributed by atoms with Crippen molar-refractivity contribution < 1.29 is 33.5 Å². The third-order valence-electron chi connectivity index (χ3n) is 9.32. The van der Waals surface area contributed by atoms with Gasteiger partial charge in [0.15, 0.2) is 11.6 Å². The third-order valence-corrected chi connectivity index (χ3v) is 10.8. The molecule has 4 atom stereocenters. The van der Waals surface area contributed by atoms with Crippen molar-refractivity contribution in [2.45, 2.75) is 50.5 Å². The number of ether oxygens (including phenoxy) is 1. The number of halogens is 5. The molecule has 0 aromatic heterocycles. The Morgan fingerprint density at radius 2 is 1.02 bits per heavy atom. The van der Waals surface area contributed by atoms with E-state index < -0.39 is 47.3 Å². The molecule has 5 rings (SSSR count). The van der Waals surface area contributed by atoms with Crippen LogP contribution >= 0.6 is 58.0 Å². The van der Waals surface area contributed by atoms with E-state index in [1.54, 1.807) is 50.2 Å². The average Bonchev–Trinajstić information content (AvgIpc) is 3.27. The molecule has 20 heteroatoms. The SMILES string of the molecule is CC(=O)C(N=Nc1cccc(C(=O)Nc2cccc(C(C)Cl)c2)c1Cl)C(=O)Nc1ccc(NC(=O)C(N=Nc2cccc(C(=O)Nc3cccc(C(C)Cl)c3)c2Cl)C(C)=O)c(OCCCl)c1. The highest BCUT2D eigenvalue weighted by Crippen LogP contribution is 2.33. The van der Waals surface area contributed by atoms with Gasteiger partial charge in [-0.1, -0.05) is 59.6 Å². The fourth-order valence-corrected chi connectivity index (χ4v) is 6.78. The number of amides is 4. The molecule has 66 heavy (non-hydrogen) atoms. The van der Waals surface area contributed by atoms with Crippen molar-refractivity contribution in [2.24, 2.45) is 20.5 Å². The van der Waals surface area contributed by atoms with Gasteiger partial charge in [-0.3, -0.25) is 28.8 Å². The molecule has 0 fully saturated rings. The zero-order chi connectivity index (χ0) is 48.1. The highest BCUT2D eigenvalue weighted by atomic mass is 35.5. The molecule has 4 amide bonds. The lowest BCUT2D eigenvalue weighted by molar-refractivity contribution is -0.127. The molecule has 0 saturated heterocycles. The van der Waals surface area contributed by atoms with Gasteiger partial charge in [0.1, 0.15) is 23.7 Å². The van der Waals surface area contributed by atoms with E-state index in [-0.39, 0.29) is 72.9 Å². The molecular weight excluding hydrogens is 954 g/mol. The summed E-state index contributed by atoms with van der Waals surface area (Å²) >= 11 is 31.4. The predicted octanol–water partition coefficient (Wildman–Crippen LogP) is 12.1. The highest BCUT2D eigenvalue weighted by molar-refractivity contribution is 6.37. The zero-order valence-corrected chi connectivity index (χ0v) is 39.4. The molecule has 0 saturated carbocycles. The molecule has 5 aromatic rings. The summed E-state index contributed by atoms with van der Waals surface area (Å²) in [4.78, 5) is 78.6. The van der Waals surface area contributed by atoms with Crippen LogP contribution in [0.3, 0.4) is 0 Å². The average molecular weight is 995 g/mol. The van der Waals surface area contributed by atoms with E-state index in [1.807, 2.05) is 12.1 Å². The molecule has 4 unspecified atom stereocenters. The molecule has 0 aliphatic rings. The van der Waals surface area contributed by atoms with Crippen LogP contribution in [0, 0.1) is 0 Å². The highest BCUT2D eigenvalue weighted by Gasteiger charge is 2.27.